The minimum Gasteiger partial charge on any atom is -0.497 e. The van der Waals surface area contributed by atoms with Crippen LogP contribution >= 0.6 is 0 Å². The molecule has 0 radical (unpaired) electrons. The molecule has 0 aliphatic heterocycles. The molecule has 1 aromatic rings. The Balaban J connectivity index is 2.55. The number of nitrogens with one attached hydrogen (secondary N) is 1. The van der Waals surface area contributed by atoms with Crippen molar-refractivity contribution in [2.45, 2.75) is 13.8 Å². The van der Waals surface area contributed by atoms with Crippen molar-refractivity contribution in [3.8, 4) is 5.75 Å². The van der Waals surface area contributed by atoms with E-state index in [-0.39, 0.29) is 24.2 Å². The van der Waals surface area contributed by atoms with Crippen LogP contribution in [0, 0.1) is 5.92 Å². The summed E-state index contributed by atoms with van der Waals surface area (Å²) < 4.78 is 4.99. The third-order valence-corrected chi connectivity index (χ3v) is 2.42. The molecule has 1 N–H and O–H groups in total. The van der Waals surface area contributed by atoms with Crippen LogP contribution in [-0.4, -0.2) is 25.3 Å². The average molecular weight is 235 g/mol. The van der Waals surface area contributed by atoms with Gasteiger partial charge in [0.25, 0.3) is 5.91 Å². The van der Waals surface area contributed by atoms with Crippen LogP contribution in [0.5, 0.6) is 5.75 Å². The molecule has 0 aliphatic rings. The molecule has 4 heteroatoms. The Morgan fingerprint density at radius 3 is 2.29 bits per heavy atom. The van der Waals surface area contributed by atoms with Gasteiger partial charge in [-0.25, -0.2) is 0 Å². The summed E-state index contributed by atoms with van der Waals surface area (Å²) in [6, 6.07) is 6.74. The second-order valence-corrected chi connectivity index (χ2v) is 4.03. The first kappa shape index (κ1) is 13.2. The lowest BCUT2D eigenvalue weighted by molar-refractivity contribution is -0.120. The molecule has 92 valence electrons. The van der Waals surface area contributed by atoms with Crippen LogP contribution in [0.1, 0.15) is 24.2 Å². The normalized spacial score (nSPS) is 10.1. The molecular formula is C13H17NO3. The number of hydrogen-bond acceptors (Lipinski definition) is 3. The predicted octanol–water partition coefficient (Wildman–Crippen LogP) is 1.65. The smallest absolute Gasteiger partial charge is 0.251 e. The fraction of sp³-hybridized carbons (Fsp3) is 0.385. The van der Waals surface area contributed by atoms with Crippen LogP contribution in [0.4, 0.5) is 0 Å². The third-order valence-electron chi connectivity index (χ3n) is 2.42. The van der Waals surface area contributed by atoms with Crippen LogP contribution in [0.25, 0.3) is 0 Å². The van der Waals surface area contributed by atoms with Gasteiger partial charge in [0.05, 0.1) is 13.7 Å². The zero-order chi connectivity index (χ0) is 12.8. The summed E-state index contributed by atoms with van der Waals surface area (Å²) in [6.07, 6.45) is 0. The summed E-state index contributed by atoms with van der Waals surface area (Å²) >= 11 is 0. The summed E-state index contributed by atoms with van der Waals surface area (Å²) in [5, 5.41) is 2.59. The van der Waals surface area contributed by atoms with E-state index in [0.29, 0.717) is 11.3 Å². The Morgan fingerprint density at radius 2 is 1.82 bits per heavy atom. The van der Waals surface area contributed by atoms with Gasteiger partial charge >= 0.3 is 0 Å². The fourth-order valence-corrected chi connectivity index (χ4v) is 1.22. The van der Waals surface area contributed by atoms with Gasteiger partial charge in [0, 0.05) is 11.5 Å². The Hall–Kier alpha value is -1.84. The Kier molecular flexibility index (Phi) is 4.69. The Bertz CT molecular complexity index is 396. The average Bonchev–Trinajstić information content (AvgIpc) is 2.35. The summed E-state index contributed by atoms with van der Waals surface area (Å²) in [6.45, 7) is 3.69. The lowest BCUT2D eigenvalue weighted by Crippen LogP contribution is -2.31. The van der Waals surface area contributed by atoms with E-state index in [0.717, 1.165) is 0 Å². The van der Waals surface area contributed by atoms with Crippen LogP contribution in [0.2, 0.25) is 0 Å². The first-order valence-corrected chi connectivity index (χ1v) is 5.49. The van der Waals surface area contributed by atoms with E-state index in [1.54, 1.807) is 31.4 Å². The highest BCUT2D eigenvalue weighted by Crippen LogP contribution is 2.10. The number of benzene rings is 1. The molecular weight excluding hydrogens is 218 g/mol. The van der Waals surface area contributed by atoms with Crippen LogP contribution in [-0.2, 0) is 4.79 Å². The van der Waals surface area contributed by atoms with Crippen LogP contribution < -0.4 is 10.1 Å². The van der Waals surface area contributed by atoms with Crippen molar-refractivity contribution in [2.75, 3.05) is 13.7 Å². The van der Waals surface area contributed by atoms with Crippen molar-refractivity contribution in [1.82, 2.24) is 5.32 Å². The summed E-state index contributed by atoms with van der Waals surface area (Å²) in [4.78, 5) is 23.0. The van der Waals surface area contributed by atoms with Gasteiger partial charge in [0.1, 0.15) is 5.75 Å². The van der Waals surface area contributed by atoms with Crippen molar-refractivity contribution in [2.24, 2.45) is 5.92 Å². The Labute approximate surface area is 101 Å². The molecule has 0 heterocycles. The quantitative estimate of drug-likeness (QED) is 0.844. The predicted molar refractivity (Wildman–Crippen MR) is 65.2 cm³/mol. The van der Waals surface area contributed by atoms with Gasteiger partial charge in [-0.2, -0.15) is 0 Å². The second kappa shape index (κ2) is 6.03. The highest BCUT2D eigenvalue weighted by Gasteiger charge is 2.10. The largest absolute Gasteiger partial charge is 0.497 e. The molecule has 0 fully saturated rings. The lowest BCUT2D eigenvalue weighted by atomic mass is 10.1. The standard InChI is InChI=1S/C13H17NO3/c1-9(2)12(15)8-14-13(16)10-4-6-11(17-3)7-5-10/h4-7,9H,8H2,1-3H3,(H,14,16). The van der Waals surface area contributed by atoms with Gasteiger partial charge < -0.3 is 10.1 Å². The van der Waals surface area contributed by atoms with E-state index in [1.165, 1.54) is 0 Å². The molecule has 0 saturated heterocycles. The number of hydrogen-bond donors (Lipinski definition) is 1. The van der Waals surface area contributed by atoms with E-state index < -0.39 is 0 Å². The molecule has 0 aromatic heterocycles. The van der Waals surface area contributed by atoms with E-state index in [9.17, 15) is 9.59 Å². The summed E-state index contributed by atoms with van der Waals surface area (Å²) in [5.41, 5.74) is 0.516. The zero-order valence-electron chi connectivity index (χ0n) is 10.3. The second-order valence-electron chi connectivity index (χ2n) is 4.03. The van der Waals surface area contributed by atoms with Gasteiger partial charge in [-0.3, -0.25) is 9.59 Å². The number of methoxy groups -OCH3 is 1. The molecule has 1 rings (SSSR count). The van der Waals surface area contributed by atoms with Gasteiger partial charge in [0.15, 0.2) is 5.78 Å². The van der Waals surface area contributed by atoms with Gasteiger partial charge in [0.2, 0.25) is 0 Å². The topological polar surface area (TPSA) is 55.4 Å². The summed E-state index contributed by atoms with van der Waals surface area (Å²) in [5.74, 6) is 0.402. The molecule has 0 unspecified atom stereocenters. The molecule has 0 spiro atoms. The molecule has 0 bridgehead atoms. The van der Waals surface area contributed by atoms with Crippen LogP contribution in [0.15, 0.2) is 24.3 Å². The number of Topliss-reactive ketones (excluding diaryl/α,β-unsaturated/α-hetero) is 1. The van der Waals surface area contributed by atoms with Crippen molar-refractivity contribution < 1.29 is 14.3 Å². The number of ketones is 1. The molecule has 0 atom stereocenters. The Morgan fingerprint density at radius 1 is 1.24 bits per heavy atom. The first-order valence-electron chi connectivity index (χ1n) is 5.49. The van der Waals surface area contributed by atoms with E-state index in [1.807, 2.05) is 13.8 Å². The number of amides is 1. The molecule has 0 aliphatic carbocycles. The minimum atomic E-state index is -0.248. The van der Waals surface area contributed by atoms with Gasteiger partial charge in [-0.15, -0.1) is 0 Å². The van der Waals surface area contributed by atoms with E-state index in [2.05, 4.69) is 5.32 Å². The van der Waals surface area contributed by atoms with Crippen molar-refractivity contribution in [1.29, 1.82) is 0 Å². The van der Waals surface area contributed by atoms with Crippen LogP contribution in [0.3, 0.4) is 0 Å². The minimum absolute atomic E-state index is 0.0202. The maximum absolute atomic E-state index is 11.7. The fourth-order valence-electron chi connectivity index (χ4n) is 1.22. The molecule has 4 nitrogen and oxygen atoms in total. The monoisotopic (exact) mass is 235 g/mol. The number of rotatable bonds is 5. The maximum Gasteiger partial charge on any atom is 0.251 e. The van der Waals surface area contributed by atoms with E-state index >= 15 is 0 Å². The first-order chi connectivity index (χ1) is 8.04. The molecule has 1 amide bonds. The SMILES string of the molecule is COc1ccc(C(=O)NCC(=O)C(C)C)cc1. The maximum atomic E-state index is 11.7. The number of carbonyl (C=O) groups is 2. The van der Waals surface area contributed by atoms with Crippen molar-refractivity contribution in [3.05, 3.63) is 29.8 Å². The highest BCUT2D eigenvalue weighted by molar-refractivity contribution is 5.97. The van der Waals surface area contributed by atoms with E-state index in [4.69, 9.17) is 4.74 Å². The molecule has 17 heavy (non-hydrogen) atoms. The number of carbonyl (C=O) groups excluding carboxylic acids is 2. The molecule has 0 saturated carbocycles. The van der Waals surface area contributed by atoms with Gasteiger partial charge in [-0.1, -0.05) is 13.8 Å². The van der Waals surface area contributed by atoms with Gasteiger partial charge in [-0.05, 0) is 24.3 Å². The van der Waals surface area contributed by atoms with Crippen molar-refractivity contribution >= 4 is 11.7 Å². The lowest BCUT2D eigenvalue weighted by Gasteiger charge is -2.07. The third kappa shape index (κ3) is 3.90. The molecule has 1 aromatic carbocycles. The summed E-state index contributed by atoms with van der Waals surface area (Å²) in [7, 11) is 1.57. The number of ether oxygens (including phenoxy) is 1. The zero-order valence-corrected chi connectivity index (χ0v) is 10.3. The van der Waals surface area contributed by atoms with Crippen molar-refractivity contribution in [3.63, 3.8) is 0 Å². The highest BCUT2D eigenvalue weighted by atomic mass is 16.5.